The Bertz CT molecular complexity index is 924. The van der Waals surface area contributed by atoms with Gasteiger partial charge in [0.15, 0.2) is 5.76 Å². The highest BCUT2D eigenvalue weighted by atomic mass is 32.2. The first-order chi connectivity index (χ1) is 13.4. The lowest BCUT2D eigenvalue weighted by Crippen LogP contribution is -2.35. The minimum absolute atomic E-state index is 0.0504. The van der Waals surface area contributed by atoms with Crippen molar-refractivity contribution in [2.24, 2.45) is 0 Å². The maximum Gasteiger partial charge on any atom is 0.387 e. The molecule has 1 saturated heterocycles. The molecule has 1 amide bonds. The number of piperidine rings is 1. The fourth-order valence-electron chi connectivity index (χ4n) is 2.94. The van der Waals surface area contributed by atoms with Gasteiger partial charge in [0.2, 0.25) is 5.09 Å². The molecule has 0 radical (unpaired) electrons. The van der Waals surface area contributed by atoms with Gasteiger partial charge >= 0.3 is 6.61 Å². The Balaban J connectivity index is 1.67. The van der Waals surface area contributed by atoms with Crippen LogP contribution in [0.2, 0.25) is 0 Å². The number of rotatable bonds is 7. The number of furan rings is 1. The summed E-state index contributed by atoms with van der Waals surface area (Å²) in [7, 11) is -3.78. The summed E-state index contributed by atoms with van der Waals surface area (Å²) in [5.41, 5.74) is 0.351. The number of sulfonamides is 1. The lowest BCUT2D eigenvalue weighted by Gasteiger charge is -2.24. The Morgan fingerprint density at radius 3 is 2.57 bits per heavy atom. The number of ether oxygens (including phenoxy) is 1. The Morgan fingerprint density at radius 1 is 1.14 bits per heavy atom. The van der Waals surface area contributed by atoms with Gasteiger partial charge in [-0.2, -0.15) is 13.1 Å². The van der Waals surface area contributed by atoms with E-state index in [-0.39, 0.29) is 23.1 Å². The van der Waals surface area contributed by atoms with Gasteiger partial charge in [-0.05, 0) is 31.0 Å². The summed E-state index contributed by atoms with van der Waals surface area (Å²) in [5.74, 6) is -0.889. The predicted octanol–water partition coefficient (Wildman–Crippen LogP) is 2.99. The van der Waals surface area contributed by atoms with Gasteiger partial charge in [-0.3, -0.25) is 4.79 Å². The SMILES string of the molecule is O=C(NCc1ccccc1OC(F)F)c1ccc(S(=O)(=O)N2CCCCC2)o1. The topological polar surface area (TPSA) is 88.8 Å². The van der Waals surface area contributed by atoms with Gasteiger partial charge in [0, 0.05) is 25.2 Å². The number of amides is 1. The molecule has 0 spiro atoms. The first kappa shape index (κ1) is 20.3. The number of halogens is 2. The molecular weight excluding hydrogens is 394 g/mol. The van der Waals surface area contributed by atoms with Crippen molar-refractivity contribution in [2.75, 3.05) is 13.1 Å². The number of hydrogen-bond acceptors (Lipinski definition) is 5. The molecule has 0 bridgehead atoms. The molecule has 1 aromatic carbocycles. The molecule has 1 aliphatic rings. The molecule has 152 valence electrons. The Kier molecular flexibility index (Phi) is 6.30. The van der Waals surface area contributed by atoms with Crippen LogP contribution in [0.15, 0.2) is 45.9 Å². The fraction of sp³-hybridized carbons (Fsp3) is 0.389. The Morgan fingerprint density at radius 2 is 1.86 bits per heavy atom. The van der Waals surface area contributed by atoms with Crippen molar-refractivity contribution in [3.8, 4) is 5.75 Å². The Labute approximate surface area is 161 Å². The van der Waals surface area contributed by atoms with Crippen LogP contribution < -0.4 is 10.1 Å². The fourth-order valence-corrected chi connectivity index (χ4v) is 4.37. The molecule has 28 heavy (non-hydrogen) atoms. The lowest BCUT2D eigenvalue weighted by molar-refractivity contribution is -0.0504. The van der Waals surface area contributed by atoms with E-state index in [4.69, 9.17) is 4.42 Å². The van der Waals surface area contributed by atoms with Gasteiger partial charge in [0.25, 0.3) is 15.9 Å². The second-order valence-corrected chi connectivity index (χ2v) is 8.12. The highest BCUT2D eigenvalue weighted by Crippen LogP contribution is 2.23. The Hall–Kier alpha value is -2.46. The average molecular weight is 414 g/mol. The number of carbonyl (C=O) groups is 1. The zero-order valence-electron chi connectivity index (χ0n) is 14.9. The number of carbonyl (C=O) groups excluding carboxylic acids is 1. The second-order valence-electron chi connectivity index (χ2n) is 6.25. The third-order valence-corrected chi connectivity index (χ3v) is 6.12. The quantitative estimate of drug-likeness (QED) is 0.753. The van der Waals surface area contributed by atoms with Crippen LogP contribution in [0.25, 0.3) is 0 Å². The first-order valence-electron chi connectivity index (χ1n) is 8.79. The molecule has 0 aliphatic carbocycles. The van der Waals surface area contributed by atoms with Crippen molar-refractivity contribution in [1.29, 1.82) is 0 Å². The third-order valence-electron chi connectivity index (χ3n) is 4.34. The van der Waals surface area contributed by atoms with Crippen LogP contribution in [0.3, 0.4) is 0 Å². The van der Waals surface area contributed by atoms with Crippen molar-refractivity contribution in [2.45, 2.75) is 37.5 Å². The standard InChI is InChI=1S/C18H20F2N2O5S/c19-18(20)27-14-7-3-2-6-13(14)12-21-17(23)15-8-9-16(26-15)28(24,25)22-10-4-1-5-11-22/h2-3,6-9,18H,1,4-5,10-12H2,(H,21,23). The summed E-state index contributed by atoms with van der Waals surface area (Å²) < 4.78 is 61.0. The average Bonchev–Trinajstić information content (AvgIpc) is 3.18. The molecule has 3 rings (SSSR count). The van der Waals surface area contributed by atoms with Crippen LogP contribution in [0.5, 0.6) is 5.75 Å². The normalized spacial score (nSPS) is 15.5. The maximum atomic E-state index is 12.6. The van der Waals surface area contributed by atoms with Crippen LogP contribution >= 0.6 is 0 Å². The summed E-state index contributed by atoms with van der Waals surface area (Å²) in [4.78, 5) is 12.3. The summed E-state index contributed by atoms with van der Waals surface area (Å²) in [6.45, 7) is -2.22. The molecule has 0 saturated carbocycles. The van der Waals surface area contributed by atoms with Gasteiger partial charge in [-0.25, -0.2) is 8.42 Å². The van der Waals surface area contributed by atoms with Crippen LogP contribution in [-0.4, -0.2) is 38.3 Å². The molecule has 0 unspecified atom stereocenters. The molecular formula is C18H20F2N2O5S. The minimum Gasteiger partial charge on any atom is -0.438 e. The van der Waals surface area contributed by atoms with Gasteiger partial charge in [0.1, 0.15) is 5.75 Å². The molecule has 7 nitrogen and oxygen atoms in total. The van der Waals surface area contributed by atoms with E-state index in [1.54, 1.807) is 6.07 Å². The number of benzene rings is 1. The summed E-state index contributed by atoms with van der Waals surface area (Å²) in [6.07, 6.45) is 2.55. The van der Waals surface area contributed by atoms with Gasteiger partial charge in [0.05, 0.1) is 0 Å². The number of nitrogens with one attached hydrogen (secondary N) is 1. The molecule has 1 aromatic heterocycles. The minimum atomic E-state index is -3.78. The van der Waals surface area contributed by atoms with E-state index in [0.717, 1.165) is 19.3 Å². The molecule has 0 atom stereocenters. The largest absolute Gasteiger partial charge is 0.438 e. The predicted molar refractivity (Wildman–Crippen MR) is 95.6 cm³/mol. The van der Waals surface area contributed by atoms with Crippen molar-refractivity contribution < 1.29 is 31.1 Å². The third kappa shape index (κ3) is 4.68. The van der Waals surface area contributed by atoms with Crippen molar-refractivity contribution in [3.63, 3.8) is 0 Å². The second kappa shape index (κ2) is 8.70. The summed E-state index contributed by atoms with van der Waals surface area (Å²) >= 11 is 0. The van der Waals surface area contributed by atoms with Gasteiger partial charge in [-0.1, -0.05) is 24.6 Å². The van der Waals surface area contributed by atoms with Gasteiger partial charge < -0.3 is 14.5 Å². The van der Waals surface area contributed by atoms with E-state index in [0.29, 0.717) is 18.7 Å². The van der Waals surface area contributed by atoms with Crippen LogP contribution in [0.1, 0.15) is 35.4 Å². The molecule has 2 aromatic rings. The summed E-state index contributed by atoms with van der Waals surface area (Å²) in [5, 5.41) is 2.22. The van der Waals surface area contributed by atoms with Gasteiger partial charge in [-0.15, -0.1) is 0 Å². The molecule has 1 aliphatic heterocycles. The monoisotopic (exact) mass is 414 g/mol. The van der Waals surface area contributed by atoms with E-state index in [1.165, 1.54) is 34.6 Å². The highest BCUT2D eigenvalue weighted by Gasteiger charge is 2.29. The maximum absolute atomic E-state index is 12.6. The number of nitrogens with zero attached hydrogens (tertiary/aromatic N) is 1. The van der Waals surface area contributed by atoms with Crippen molar-refractivity contribution in [1.82, 2.24) is 9.62 Å². The van der Waals surface area contributed by atoms with E-state index in [1.807, 2.05) is 0 Å². The zero-order valence-corrected chi connectivity index (χ0v) is 15.8. The number of hydrogen-bond donors (Lipinski definition) is 1. The highest BCUT2D eigenvalue weighted by molar-refractivity contribution is 7.89. The smallest absolute Gasteiger partial charge is 0.387 e. The van der Waals surface area contributed by atoms with Crippen LogP contribution in [0.4, 0.5) is 8.78 Å². The molecule has 2 heterocycles. The molecule has 1 N–H and O–H groups in total. The first-order valence-corrected chi connectivity index (χ1v) is 10.2. The molecule has 10 heteroatoms. The van der Waals surface area contributed by atoms with Crippen molar-refractivity contribution in [3.05, 3.63) is 47.7 Å². The molecule has 1 fully saturated rings. The lowest BCUT2D eigenvalue weighted by atomic mass is 10.2. The van der Waals surface area contributed by atoms with E-state index in [2.05, 4.69) is 10.1 Å². The van der Waals surface area contributed by atoms with Crippen LogP contribution in [-0.2, 0) is 16.6 Å². The zero-order chi connectivity index (χ0) is 20.1. The number of para-hydroxylation sites is 1. The summed E-state index contributed by atoms with van der Waals surface area (Å²) in [6, 6.07) is 8.57. The van der Waals surface area contributed by atoms with Crippen molar-refractivity contribution >= 4 is 15.9 Å². The van der Waals surface area contributed by atoms with Crippen LogP contribution in [0, 0.1) is 0 Å². The van der Waals surface area contributed by atoms with E-state index < -0.39 is 22.5 Å². The number of alkyl halides is 2. The van der Waals surface area contributed by atoms with E-state index in [9.17, 15) is 22.0 Å². The van der Waals surface area contributed by atoms with E-state index >= 15 is 0 Å².